The maximum absolute atomic E-state index is 11.7. The molecule has 1 N–H and O–H groups in total. The fourth-order valence-corrected chi connectivity index (χ4v) is 1.55. The summed E-state index contributed by atoms with van der Waals surface area (Å²) in [4.78, 5) is 15.6. The fourth-order valence-electron chi connectivity index (χ4n) is 1.55. The summed E-state index contributed by atoms with van der Waals surface area (Å²) in [6.45, 7) is 5.62. The van der Waals surface area contributed by atoms with E-state index in [4.69, 9.17) is 4.74 Å². The summed E-state index contributed by atoms with van der Waals surface area (Å²) in [6.07, 6.45) is 6.42. The first-order chi connectivity index (χ1) is 8.77. The highest BCUT2D eigenvalue weighted by Gasteiger charge is 2.11. The van der Waals surface area contributed by atoms with Crippen molar-refractivity contribution in [1.82, 2.24) is 10.3 Å². The number of carbonyl (C=O) groups is 1. The first-order valence-corrected chi connectivity index (χ1v) is 6.58. The average molecular weight is 250 g/mol. The minimum Gasteiger partial charge on any atom is -0.460 e. The monoisotopic (exact) mass is 250 g/mol. The predicted molar refractivity (Wildman–Crippen MR) is 71.5 cm³/mol. The van der Waals surface area contributed by atoms with Gasteiger partial charge in [0.25, 0.3) is 0 Å². The Labute approximate surface area is 109 Å². The molecule has 0 aliphatic carbocycles. The number of unbranched alkanes of at least 4 members (excludes halogenated alkanes) is 1. The summed E-state index contributed by atoms with van der Waals surface area (Å²) in [5, 5.41) is 3.38. The molecule has 4 nitrogen and oxygen atoms in total. The van der Waals surface area contributed by atoms with Crippen molar-refractivity contribution in [2.24, 2.45) is 0 Å². The molecule has 1 aromatic heterocycles. The zero-order valence-electron chi connectivity index (χ0n) is 11.2. The van der Waals surface area contributed by atoms with Gasteiger partial charge in [0.1, 0.15) is 6.61 Å². The molecule has 1 unspecified atom stereocenters. The van der Waals surface area contributed by atoms with Gasteiger partial charge in [0.05, 0.1) is 5.56 Å². The van der Waals surface area contributed by atoms with Gasteiger partial charge in [0.2, 0.25) is 0 Å². The van der Waals surface area contributed by atoms with Gasteiger partial charge in [-0.2, -0.15) is 0 Å². The Balaban J connectivity index is 2.32. The van der Waals surface area contributed by atoms with Crippen LogP contribution >= 0.6 is 0 Å². The highest BCUT2D eigenvalue weighted by molar-refractivity contribution is 5.88. The molecule has 0 aliphatic rings. The average Bonchev–Trinajstić information content (AvgIpc) is 2.43. The van der Waals surface area contributed by atoms with Gasteiger partial charge in [-0.15, -0.1) is 0 Å². The topological polar surface area (TPSA) is 51.2 Å². The van der Waals surface area contributed by atoms with Crippen LogP contribution in [0.2, 0.25) is 0 Å². The molecule has 1 atom stereocenters. The summed E-state index contributed by atoms with van der Waals surface area (Å²) in [5.74, 6) is -0.307. The van der Waals surface area contributed by atoms with E-state index >= 15 is 0 Å². The number of aromatic nitrogens is 1. The molecular formula is C14H22N2O2. The molecular weight excluding hydrogens is 228 g/mol. The van der Waals surface area contributed by atoms with E-state index in [0.717, 1.165) is 19.4 Å². The van der Waals surface area contributed by atoms with Gasteiger partial charge >= 0.3 is 5.97 Å². The summed E-state index contributed by atoms with van der Waals surface area (Å²) in [6, 6.07) is 3.67. The third-order valence-electron chi connectivity index (χ3n) is 2.77. The fraction of sp³-hybridized carbons (Fsp3) is 0.571. The van der Waals surface area contributed by atoms with E-state index in [0.29, 0.717) is 12.2 Å². The molecule has 18 heavy (non-hydrogen) atoms. The highest BCUT2D eigenvalue weighted by atomic mass is 16.5. The van der Waals surface area contributed by atoms with Crippen LogP contribution in [0.1, 0.15) is 43.5 Å². The van der Waals surface area contributed by atoms with E-state index in [2.05, 4.69) is 24.1 Å². The third-order valence-corrected chi connectivity index (χ3v) is 2.77. The molecule has 0 aromatic carbocycles. The predicted octanol–water partition coefficient (Wildman–Crippen LogP) is 2.41. The molecule has 0 amide bonds. The molecule has 0 spiro atoms. The van der Waals surface area contributed by atoms with Gasteiger partial charge in [-0.1, -0.05) is 20.3 Å². The first-order valence-electron chi connectivity index (χ1n) is 6.58. The van der Waals surface area contributed by atoms with Crippen molar-refractivity contribution in [2.45, 2.75) is 39.2 Å². The molecule has 0 saturated carbocycles. The standard InChI is InChI=1S/C14H22N2O2/c1-3-5-9-16-13(4-2)11-18-14(17)12-7-6-8-15-10-12/h6-8,10,13,16H,3-5,9,11H2,1-2H3. The van der Waals surface area contributed by atoms with Gasteiger partial charge in [-0.25, -0.2) is 4.79 Å². The van der Waals surface area contributed by atoms with E-state index < -0.39 is 0 Å². The third kappa shape index (κ3) is 5.27. The second-order valence-corrected chi connectivity index (χ2v) is 4.25. The lowest BCUT2D eigenvalue weighted by Gasteiger charge is -2.16. The zero-order valence-corrected chi connectivity index (χ0v) is 11.2. The summed E-state index contributed by atoms with van der Waals surface area (Å²) < 4.78 is 5.27. The van der Waals surface area contributed by atoms with Crippen molar-refractivity contribution in [3.8, 4) is 0 Å². The van der Waals surface area contributed by atoms with Crippen LogP contribution in [0.4, 0.5) is 0 Å². The maximum atomic E-state index is 11.7. The lowest BCUT2D eigenvalue weighted by molar-refractivity contribution is 0.0462. The number of pyridine rings is 1. The Morgan fingerprint density at radius 3 is 2.94 bits per heavy atom. The van der Waals surface area contributed by atoms with Crippen LogP contribution < -0.4 is 5.32 Å². The molecule has 0 aliphatic heterocycles. The summed E-state index contributed by atoms with van der Waals surface area (Å²) in [5.41, 5.74) is 0.501. The van der Waals surface area contributed by atoms with Crippen LogP contribution in [0.5, 0.6) is 0 Å². The molecule has 100 valence electrons. The van der Waals surface area contributed by atoms with Crippen molar-refractivity contribution in [3.63, 3.8) is 0 Å². The van der Waals surface area contributed by atoms with E-state index in [1.165, 1.54) is 12.6 Å². The van der Waals surface area contributed by atoms with Crippen molar-refractivity contribution in [2.75, 3.05) is 13.2 Å². The smallest absolute Gasteiger partial charge is 0.339 e. The molecule has 0 fully saturated rings. The number of hydrogen-bond acceptors (Lipinski definition) is 4. The Kier molecular flexibility index (Phi) is 7.03. The lowest BCUT2D eigenvalue weighted by atomic mass is 10.2. The Bertz CT molecular complexity index is 341. The highest BCUT2D eigenvalue weighted by Crippen LogP contribution is 2.01. The second-order valence-electron chi connectivity index (χ2n) is 4.25. The number of nitrogens with zero attached hydrogens (tertiary/aromatic N) is 1. The van der Waals surface area contributed by atoms with Gasteiger partial charge in [-0.3, -0.25) is 4.98 Å². The lowest BCUT2D eigenvalue weighted by Crippen LogP contribution is -2.34. The van der Waals surface area contributed by atoms with Gasteiger partial charge in [0, 0.05) is 18.4 Å². The van der Waals surface area contributed by atoms with Crippen LogP contribution in [0.15, 0.2) is 24.5 Å². The largest absolute Gasteiger partial charge is 0.460 e. The number of carbonyl (C=O) groups excluding carboxylic acids is 1. The van der Waals surface area contributed by atoms with E-state index in [1.807, 2.05) is 0 Å². The van der Waals surface area contributed by atoms with Gasteiger partial charge < -0.3 is 10.1 Å². The van der Waals surface area contributed by atoms with Crippen LogP contribution in [0.3, 0.4) is 0 Å². The number of ether oxygens (including phenoxy) is 1. The van der Waals surface area contributed by atoms with Gasteiger partial charge in [-0.05, 0) is 31.5 Å². The van der Waals surface area contributed by atoms with Crippen molar-refractivity contribution >= 4 is 5.97 Å². The quantitative estimate of drug-likeness (QED) is 0.568. The molecule has 1 rings (SSSR count). The van der Waals surface area contributed by atoms with Crippen molar-refractivity contribution < 1.29 is 9.53 Å². The zero-order chi connectivity index (χ0) is 13.2. The summed E-state index contributed by atoms with van der Waals surface area (Å²) in [7, 11) is 0. The van der Waals surface area contributed by atoms with Crippen molar-refractivity contribution in [3.05, 3.63) is 30.1 Å². The van der Waals surface area contributed by atoms with Gasteiger partial charge in [0.15, 0.2) is 0 Å². The number of hydrogen-bond donors (Lipinski definition) is 1. The Morgan fingerprint density at radius 1 is 1.50 bits per heavy atom. The van der Waals surface area contributed by atoms with Crippen LogP contribution in [-0.2, 0) is 4.74 Å². The van der Waals surface area contributed by atoms with E-state index in [1.54, 1.807) is 18.3 Å². The Morgan fingerprint density at radius 2 is 2.33 bits per heavy atom. The van der Waals surface area contributed by atoms with Crippen molar-refractivity contribution in [1.29, 1.82) is 0 Å². The van der Waals surface area contributed by atoms with Crippen LogP contribution in [0.25, 0.3) is 0 Å². The first kappa shape index (κ1) is 14.6. The Hall–Kier alpha value is -1.42. The van der Waals surface area contributed by atoms with Crippen LogP contribution in [0, 0.1) is 0 Å². The van der Waals surface area contributed by atoms with E-state index in [9.17, 15) is 4.79 Å². The number of esters is 1. The molecule has 0 saturated heterocycles. The maximum Gasteiger partial charge on any atom is 0.339 e. The number of nitrogens with one attached hydrogen (secondary N) is 1. The molecule has 0 bridgehead atoms. The minimum absolute atomic E-state index is 0.233. The summed E-state index contributed by atoms with van der Waals surface area (Å²) >= 11 is 0. The molecule has 1 aromatic rings. The SMILES string of the molecule is CCCCNC(CC)COC(=O)c1cccnc1. The molecule has 4 heteroatoms. The second kappa shape index (κ2) is 8.64. The number of rotatable bonds is 8. The van der Waals surface area contributed by atoms with Crippen LogP contribution in [-0.4, -0.2) is 30.1 Å². The van der Waals surface area contributed by atoms with E-state index in [-0.39, 0.29) is 12.0 Å². The molecule has 0 radical (unpaired) electrons. The normalized spacial score (nSPS) is 12.1. The minimum atomic E-state index is -0.307. The molecule has 1 heterocycles.